The van der Waals surface area contributed by atoms with Crippen molar-refractivity contribution in [2.24, 2.45) is 5.16 Å². The number of sulfone groups is 1. The van der Waals surface area contributed by atoms with Gasteiger partial charge in [0.1, 0.15) is 5.57 Å². The molecule has 0 N–H and O–H groups in total. The van der Waals surface area contributed by atoms with E-state index in [0.717, 1.165) is 16.1 Å². The van der Waals surface area contributed by atoms with Gasteiger partial charge < -0.3 is 9.74 Å². The van der Waals surface area contributed by atoms with Gasteiger partial charge in [-0.15, -0.1) is 11.3 Å². The third-order valence-corrected chi connectivity index (χ3v) is 4.55. The maximum Gasteiger partial charge on any atom is 0.368 e. The van der Waals surface area contributed by atoms with Crippen LogP contribution in [0.15, 0.2) is 22.9 Å². The first-order valence-electron chi connectivity index (χ1n) is 5.27. The number of nitrogens with zero attached hydrogens (tertiary/aromatic N) is 2. The highest BCUT2D eigenvalue weighted by Crippen LogP contribution is 2.27. The third-order valence-electron chi connectivity index (χ3n) is 2.35. The fourth-order valence-corrected chi connectivity index (χ4v) is 3.05. The predicted octanol–water partition coefficient (Wildman–Crippen LogP) is 1.11. The van der Waals surface area contributed by atoms with Crippen molar-refractivity contribution >= 4 is 43.3 Å². The van der Waals surface area contributed by atoms with E-state index < -0.39 is 15.8 Å². The molecule has 1 aliphatic heterocycles. The molecule has 1 aliphatic rings. The van der Waals surface area contributed by atoms with Crippen molar-refractivity contribution in [1.82, 2.24) is 0 Å². The predicted molar refractivity (Wildman–Crippen MR) is 75.0 cm³/mol. The van der Waals surface area contributed by atoms with Crippen LogP contribution in [0.1, 0.15) is 4.88 Å². The number of rotatable bonds is 2. The molecule has 0 saturated heterocycles. The lowest BCUT2D eigenvalue weighted by Crippen LogP contribution is -2.15. The quantitative estimate of drug-likeness (QED) is 0.604. The molecule has 0 bridgehead atoms. The van der Waals surface area contributed by atoms with Crippen LogP contribution in [0.25, 0.3) is 6.08 Å². The Morgan fingerprint density at radius 2 is 2.05 bits per heavy atom. The second kappa shape index (κ2) is 4.78. The zero-order valence-corrected chi connectivity index (χ0v) is 12.2. The molecular formula is C11H12N2O4S2. The highest BCUT2D eigenvalue weighted by molar-refractivity contribution is 8.06. The van der Waals surface area contributed by atoms with Gasteiger partial charge in [-0.1, -0.05) is 5.16 Å². The first-order chi connectivity index (χ1) is 8.79. The number of carbonyl (C=O) groups is 1. The molecule has 0 radical (unpaired) electrons. The van der Waals surface area contributed by atoms with Crippen LogP contribution in [0.5, 0.6) is 0 Å². The van der Waals surface area contributed by atoms with E-state index in [1.807, 2.05) is 25.1 Å². The standard InChI is InChI=1S/C11H12N2O4S2/c1-13(2)9-5-4-7(18-9)6-8-10(19(3,15)16)12-17-11(8)14/h4-6H,1-3H3. The highest BCUT2D eigenvalue weighted by Gasteiger charge is 2.32. The number of hydrogen-bond donors (Lipinski definition) is 0. The minimum Gasteiger partial charge on any atom is -0.370 e. The van der Waals surface area contributed by atoms with Crippen molar-refractivity contribution in [3.63, 3.8) is 0 Å². The molecule has 0 amide bonds. The van der Waals surface area contributed by atoms with Crippen molar-refractivity contribution in [2.45, 2.75) is 0 Å². The molecule has 1 aromatic rings. The van der Waals surface area contributed by atoms with E-state index in [-0.39, 0.29) is 10.6 Å². The molecule has 19 heavy (non-hydrogen) atoms. The molecule has 0 saturated carbocycles. The zero-order valence-electron chi connectivity index (χ0n) is 10.6. The van der Waals surface area contributed by atoms with Crippen molar-refractivity contribution in [1.29, 1.82) is 0 Å². The van der Waals surface area contributed by atoms with Crippen LogP contribution < -0.4 is 4.90 Å². The van der Waals surface area contributed by atoms with E-state index in [0.29, 0.717) is 0 Å². The molecule has 6 nitrogen and oxygen atoms in total. The number of oxime groups is 1. The number of thiophene rings is 1. The van der Waals surface area contributed by atoms with Gasteiger partial charge in [-0.25, -0.2) is 13.2 Å². The first-order valence-corrected chi connectivity index (χ1v) is 7.98. The SMILES string of the molecule is CN(C)c1ccc(C=C2C(=O)ON=C2S(C)(=O)=O)s1. The molecule has 0 atom stereocenters. The van der Waals surface area contributed by atoms with Gasteiger partial charge in [0.05, 0.1) is 5.00 Å². The van der Waals surface area contributed by atoms with Gasteiger partial charge in [-0.05, 0) is 18.2 Å². The first kappa shape index (κ1) is 13.8. The Bertz CT molecular complexity index is 683. The second-order valence-corrected chi connectivity index (χ2v) is 7.20. The van der Waals surface area contributed by atoms with E-state index in [2.05, 4.69) is 9.99 Å². The Labute approximate surface area is 114 Å². The Hall–Kier alpha value is -1.67. The largest absolute Gasteiger partial charge is 0.370 e. The molecule has 0 aliphatic carbocycles. The normalized spacial score (nSPS) is 17.5. The van der Waals surface area contributed by atoms with Crippen LogP contribution in [-0.4, -0.2) is 39.8 Å². The van der Waals surface area contributed by atoms with Crippen LogP contribution >= 0.6 is 11.3 Å². The van der Waals surface area contributed by atoms with E-state index >= 15 is 0 Å². The van der Waals surface area contributed by atoms with E-state index in [1.165, 1.54) is 17.4 Å². The Kier molecular flexibility index (Phi) is 3.46. The maximum absolute atomic E-state index is 11.5. The smallest absolute Gasteiger partial charge is 0.368 e. The molecule has 8 heteroatoms. The second-order valence-electron chi connectivity index (χ2n) is 4.18. The lowest BCUT2D eigenvalue weighted by atomic mass is 10.2. The van der Waals surface area contributed by atoms with Crippen LogP contribution in [0.2, 0.25) is 0 Å². The van der Waals surface area contributed by atoms with Crippen molar-refractivity contribution in [2.75, 3.05) is 25.3 Å². The summed E-state index contributed by atoms with van der Waals surface area (Å²) in [6.07, 6.45) is 2.47. The van der Waals surface area contributed by atoms with Gasteiger partial charge in [-0.3, -0.25) is 0 Å². The molecule has 102 valence electrons. The number of anilines is 1. The van der Waals surface area contributed by atoms with E-state index in [9.17, 15) is 13.2 Å². The molecule has 2 heterocycles. The molecule has 1 aromatic heterocycles. The highest BCUT2D eigenvalue weighted by atomic mass is 32.2. The van der Waals surface area contributed by atoms with E-state index in [4.69, 9.17) is 0 Å². The summed E-state index contributed by atoms with van der Waals surface area (Å²) in [5.74, 6) is -0.750. The summed E-state index contributed by atoms with van der Waals surface area (Å²) in [5.41, 5.74) is -0.0327. The molecular weight excluding hydrogens is 288 g/mol. The minimum absolute atomic E-state index is 0.0327. The van der Waals surface area contributed by atoms with Crippen LogP contribution in [0.3, 0.4) is 0 Å². The summed E-state index contributed by atoms with van der Waals surface area (Å²) < 4.78 is 23.0. The van der Waals surface area contributed by atoms with Crippen molar-refractivity contribution in [3.05, 3.63) is 22.6 Å². The van der Waals surface area contributed by atoms with Crippen LogP contribution in [0, 0.1) is 0 Å². The van der Waals surface area contributed by atoms with Gasteiger partial charge in [0.25, 0.3) is 0 Å². The minimum atomic E-state index is -3.58. The number of hydrogen-bond acceptors (Lipinski definition) is 7. The molecule has 0 fully saturated rings. The Morgan fingerprint density at radius 1 is 1.37 bits per heavy atom. The van der Waals surface area contributed by atoms with Gasteiger partial charge in [-0.2, -0.15) is 0 Å². The summed E-state index contributed by atoms with van der Waals surface area (Å²) in [7, 11) is 0.213. The van der Waals surface area contributed by atoms with Crippen molar-refractivity contribution < 1.29 is 18.0 Å². The summed E-state index contributed by atoms with van der Waals surface area (Å²) >= 11 is 1.43. The van der Waals surface area contributed by atoms with Crippen LogP contribution in [0.4, 0.5) is 5.00 Å². The average molecular weight is 300 g/mol. The average Bonchev–Trinajstić information content (AvgIpc) is 2.86. The lowest BCUT2D eigenvalue weighted by Gasteiger charge is -2.06. The molecule has 0 aromatic carbocycles. The molecule has 2 rings (SSSR count). The summed E-state index contributed by atoms with van der Waals surface area (Å²) in [6.45, 7) is 0. The zero-order chi connectivity index (χ0) is 14.2. The molecule has 0 spiro atoms. The summed E-state index contributed by atoms with van der Waals surface area (Å²) in [5, 5.41) is 3.99. The van der Waals surface area contributed by atoms with Crippen LogP contribution in [-0.2, 0) is 19.5 Å². The fraction of sp³-hybridized carbons (Fsp3) is 0.273. The van der Waals surface area contributed by atoms with E-state index in [1.54, 1.807) is 6.07 Å². The van der Waals surface area contributed by atoms with Gasteiger partial charge in [0, 0.05) is 25.2 Å². The number of carbonyl (C=O) groups excluding carboxylic acids is 1. The third kappa shape index (κ3) is 2.85. The van der Waals surface area contributed by atoms with Crippen molar-refractivity contribution in [3.8, 4) is 0 Å². The lowest BCUT2D eigenvalue weighted by molar-refractivity contribution is -0.136. The Morgan fingerprint density at radius 3 is 2.58 bits per heavy atom. The Balaban J connectivity index is 2.41. The molecule has 0 unspecified atom stereocenters. The monoisotopic (exact) mass is 300 g/mol. The van der Waals surface area contributed by atoms with Gasteiger partial charge in [0.15, 0.2) is 9.84 Å². The summed E-state index contributed by atoms with van der Waals surface area (Å²) in [4.78, 5) is 18.6. The maximum atomic E-state index is 11.5. The van der Waals surface area contributed by atoms with Gasteiger partial charge in [0.2, 0.25) is 5.04 Å². The fourth-order valence-electron chi connectivity index (χ4n) is 1.46. The summed E-state index contributed by atoms with van der Waals surface area (Å²) in [6, 6.07) is 3.69. The topological polar surface area (TPSA) is 76.0 Å². The van der Waals surface area contributed by atoms with Gasteiger partial charge >= 0.3 is 5.97 Å².